The predicted molar refractivity (Wildman–Crippen MR) is 123 cm³/mol. The van der Waals surface area contributed by atoms with Crippen molar-refractivity contribution in [2.24, 2.45) is 0 Å². The highest BCUT2D eigenvalue weighted by Gasteiger charge is 2.22. The fourth-order valence-corrected chi connectivity index (χ4v) is 4.32. The Labute approximate surface area is 188 Å². The van der Waals surface area contributed by atoms with Crippen LogP contribution in [-0.2, 0) is 14.8 Å². The van der Waals surface area contributed by atoms with Gasteiger partial charge in [0.15, 0.2) is 0 Å². The van der Waals surface area contributed by atoms with E-state index in [4.69, 9.17) is 0 Å². The fourth-order valence-electron chi connectivity index (χ4n) is 3.42. The average Bonchev–Trinajstić information content (AvgIpc) is 2.76. The van der Waals surface area contributed by atoms with Gasteiger partial charge in [0.2, 0.25) is 15.9 Å². The quantitative estimate of drug-likeness (QED) is 0.562. The lowest BCUT2D eigenvalue weighted by Crippen LogP contribution is -2.34. The van der Waals surface area contributed by atoms with Gasteiger partial charge in [-0.1, -0.05) is 42.5 Å². The summed E-state index contributed by atoms with van der Waals surface area (Å²) in [5.41, 5.74) is 2.35. The Morgan fingerprint density at radius 1 is 0.875 bits per heavy atom. The topological polar surface area (TPSA) is 69.7 Å². The van der Waals surface area contributed by atoms with E-state index in [1.807, 2.05) is 42.3 Å². The Bertz CT molecular complexity index is 1150. The summed E-state index contributed by atoms with van der Waals surface area (Å²) in [7, 11) is 1.22. The third kappa shape index (κ3) is 5.59. The van der Waals surface area contributed by atoms with Gasteiger partial charge in [0.25, 0.3) is 0 Å². The minimum atomic E-state index is -3.53. The van der Waals surface area contributed by atoms with Crippen molar-refractivity contribution in [1.29, 1.82) is 0 Å². The van der Waals surface area contributed by atoms with Crippen molar-refractivity contribution in [2.75, 3.05) is 33.0 Å². The minimum absolute atomic E-state index is 0.0781. The Balaban J connectivity index is 1.74. The van der Waals surface area contributed by atoms with E-state index < -0.39 is 10.0 Å². The van der Waals surface area contributed by atoms with E-state index in [2.05, 4.69) is 5.32 Å². The minimum Gasteiger partial charge on any atom is -0.325 e. The Kier molecular flexibility index (Phi) is 7.40. The number of likely N-dealkylation sites (N-methyl/N-ethyl adjacent to an activating group) is 1. The number of nitrogens with zero attached hydrogens (tertiary/aromatic N) is 2. The Morgan fingerprint density at radius 2 is 1.44 bits per heavy atom. The summed E-state index contributed by atoms with van der Waals surface area (Å²) in [6.45, 7) is 0.0781. The molecule has 0 spiro atoms. The summed E-state index contributed by atoms with van der Waals surface area (Å²) in [6, 6.07) is 21.7. The molecule has 0 aliphatic rings. The normalized spacial score (nSPS) is 12.7. The smallest absolute Gasteiger partial charge is 0.242 e. The second-order valence-corrected chi connectivity index (χ2v) is 9.79. The molecule has 1 amide bonds. The molecule has 1 N–H and O–H groups in total. The molecule has 6 nitrogen and oxygen atoms in total. The number of hydrogen-bond acceptors (Lipinski definition) is 4. The molecule has 3 aromatic carbocycles. The lowest BCUT2D eigenvalue weighted by molar-refractivity contribution is -0.117. The summed E-state index contributed by atoms with van der Waals surface area (Å²) >= 11 is 0. The summed E-state index contributed by atoms with van der Waals surface area (Å²) in [5, 5.41) is 2.80. The zero-order valence-electron chi connectivity index (χ0n) is 18.2. The van der Waals surface area contributed by atoms with Gasteiger partial charge in [-0.15, -0.1) is 0 Å². The summed E-state index contributed by atoms with van der Waals surface area (Å²) < 4.78 is 38.9. The summed E-state index contributed by atoms with van der Waals surface area (Å²) in [4.78, 5) is 14.7. The molecule has 32 heavy (non-hydrogen) atoms. The van der Waals surface area contributed by atoms with Crippen molar-refractivity contribution >= 4 is 21.6 Å². The van der Waals surface area contributed by atoms with Crippen LogP contribution in [0.25, 0.3) is 0 Å². The predicted octanol–water partition coefficient (Wildman–Crippen LogP) is 3.74. The zero-order chi connectivity index (χ0) is 23.3. The number of hydrogen-bond donors (Lipinski definition) is 1. The molecule has 3 rings (SSSR count). The number of carbonyl (C=O) groups is 1. The molecule has 168 valence electrons. The van der Waals surface area contributed by atoms with Crippen LogP contribution in [0.3, 0.4) is 0 Å². The molecule has 1 unspecified atom stereocenters. The molecule has 0 aliphatic heterocycles. The molecule has 0 bridgehead atoms. The SMILES string of the molecule is CN(CC(=O)Nc1ccc(S(=O)(=O)N(C)C)cc1)C(c1ccccc1)c1ccc(F)cc1. The largest absolute Gasteiger partial charge is 0.325 e. The highest BCUT2D eigenvalue weighted by atomic mass is 32.2. The highest BCUT2D eigenvalue weighted by Crippen LogP contribution is 2.27. The number of nitrogens with one attached hydrogen (secondary N) is 1. The highest BCUT2D eigenvalue weighted by molar-refractivity contribution is 7.89. The second kappa shape index (κ2) is 10.0. The molecule has 0 radical (unpaired) electrons. The monoisotopic (exact) mass is 455 g/mol. The van der Waals surface area contributed by atoms with E-state index in [0.717, 1.165) is 15.4 Å². The number of carbonyl (C=O) groups excluding carboxylic acids is 1. The van der Waals surface area contributed by atoms with Crippen LogP contribution < -0.4 is 5.32 Å². The van der Waals surface area contributed by atoms with Crippen molar-refractivity contribution in [3.05, 3.63) is 95.8 Å². The van der Waals surface area contributed by atoms with Crippen LogP contribution in [0.4, 0.5) is 10.1 Å². The lowest BCUT2D eigenvalue weighted by atomic mass is 9.97. The maximum absolute atomic E-state index is 13.4. The summed E-state index contributed by atoms with van der Waals surface area (Å²) in [6.07, 6.45) is 0. The van der Waals surface area contributed by atoms with E-state index in [9.17, 15) is 17.6 Å². The molecule has 0 saturated heterocycles. The van der Waals surface area contributed by atoms with Gasteiger partial charge in [-0.25, -0.2) is 17.1 Å². The first-order chi connectivity index (χ1) is 15.2. The number of anilines is 1. The van der Waals surface area contributed by atoms with Crippen LogP contribution in [0.5, 0.6) is 0 Å². The molecular formula is C24H26FN3O3S. The number of benzene rings is 3. The standard InChI is InChI=1S/C24H26FN3O3S/c1-27(2)32(30,31)22-15-13-21(14-16-22)26-23(29)17-28(3)24(18-7-5-4-6-8-18)19-9-11-20(25)12-10-19/h4-16,24H,17H2,1-3H3,(H,26,29). The van der Waals surface area contributed by atoms with Crippen LogP contribution >= 0.6 is 0 Å². The zero-order valence-corrected chi connectivity index (χ0v) is 19.0. The van der Waals surface area contributed by atoms with Gasteiger partial charge in [-0.3, -0.25) is 9.69 Å². The second-order valence-electron chi connectivity index (χ2n) is 7.64. The van der Waals surface area contributed by atoms with Crippen LogP contribution in [0.1, 0.15) is 17.2 Å². The van der Waals surface area contributed by atoms with E-state index in [-0.39, 0.29) is 29.2 Å². The molecule has 3 aromatic rings. The van der Waals surface area contributed by atoms with Crippen LogP contribution in [0.2, 0.25) is 0 Å². The average molecular weight is 456 g/mol. The maximum Gasteiger partial charge on any atom is 0.242 e. The van der Waals surface area contributed by atoms with Crippen molar-refractivity contribution in [2.45, 2.75) is 10.9 Å². The van der Waals surface area contributed by atoms with Gasteiger partial charge in [0, 0.05) is 19.8 Å². The number of rotatable bonds is 8. The van der Waals surface area contributed by atoms with Gasteiger partial charge in [-0.2, -0.15) is 0 Å². The number of sulfonamides is 1. The van der Waals surface area contributed by atoms with E-state index in [1.165, 1.54) is 38.4 Å². The molecule has 0 aliphatic carbocycles. The van der Waals surface area contributed by atoms with Crippen LogP contribution in [0.15, 0.2) is 83.8 Å². The molecular weight excluding hydrogens is 429 g/mol. The van der Waals surface area contributed by atoms with Crippen molar-refractivity contribution < 1.29 is 17.6 Å². The van der Waals surface area contributed by atoms with Gasteiger partial charge < -0.3 is 5.32 Å². The van der Waals surface area contributed by atoms with Crippen molar-refractivity contribution in [3.8, 4) is 0 Å². The molecule has 1 atom stereocenters. The fraction of sp³-hybridized carbons (Fsp3) is 0.208. The Hall–Kier alpha value is -3.07. The third-order valence-electron chi connectivity index (χ3n) is 5.05. The molecule has 0 aromatic heterocycles. The number of amides is 1. The van der Waals surface area contributed by atoms with E-state index in [0.29, 0.717) is 5.69 Å². The first-order valence-electron chi connectivity index (χ1n) is 10.0. The van der Waals surface area contributed by atoms with Crippen LogP contribution in [-0.4, -0.2) is 51.2 Å². The molecule has 8 heteroatoms. The molecule has 0 saturated carbocycles. The lowest BCUT2D eigenvalue weighted by Gasteiger charge is -2.28. The van der Waals surface area contributed by atoms with Crippen molar-refractivity contribution in [3.63, 3.8) is 0 Å². The third-order valence-corrected chi connectivity index (χ3v) is 6.88. The van der Waals surface area contributed by atoms with E-state index >= 15 is 0 Å². The summed E-state index contributed by atoms with van der Waals surface area (Å²) in [5.74, 6) is -0.570. The first-order valence-corrected chi connectivity index (χ1v) is 11.5. The van der Waals surface area contributed by atoms with Gasteiger partial charge in [-0.05, 0) is 54.6 Å². The molecule has 0 fully saturated rings. The maximum atomic E-state index is 13.4. The Morgan fingerprint density at radius 3 is 2.00 bits per heavy atom. The van der Waals surface area contributed by atoms with E-state index in [1.54, 1.807) is 24.3 Å². The van der Waals surface area contributed by atoms with Gasteiger partial charge >= 0.3 is 0 Å². The first kappa shape index (κ1) is 23.6. The van der Waals surface area contributed by atoms with Gasteiger partial charge in [0.1, 0.15) is 5.82 Å². The number of halogens is 1. The van der Waals surface area contributed by atoms with Gasteiger partial charge in [0.05, 0.1) is 17.5 Å². The molecule has 0 heterocycles. The van der Waals surface area contributed by atoms with Crippen molar-refractivity contribution in [1.82, 2.24) is 9.21 Å². The van der Waals surface area contributed by atoms with Crippen LogP contribution in [0, 0.1) is 5.82 Å².